The summed E-state index contributed by atoms with van der Waals surface area (Å²) in [6.45, 7) is 10.9. The number of carbonyl (C=O) groups is 1. The fourth-order valence-corrected chi connectivity index (χ4v) is 3.22. The molecule has 0 aromatic carbocycles. The highest BCUT2D eigenvalue weighted by molar-refractivity contribution is 7.07. The van der Waals surface area contributed by atoms with Crippen LogP contribution in [0, 0.1) is 5.41 Å². The van der Waals surface area contributed by atoms with Crippen LogP contribution in [0.4, 0.5) is 0 Å². The zero-order chi connectivity index (χ0) is 15.5. The van der Waals surface area contributed by atoms with Crippen LogP contribution in [-0.4, -0.2) is 55.5 Å². The number of nitrogens with one attached hydrogen (secondary N) is 1. The van der Waals surface area contributed by atoms with Crippen LogP contribution in [-0.2, 0) is 4.79 Å². The SMILES string of the molecule is CN1CCN([C@H](CNC(=O)C(C)(C)C)c2ccsc2)CC1. The van der Waals surface area contributed by atoms with E-state index in [1.54, 1.807) is 11.3 Å². The molecule has 5 heteroatoms. The number of hydrogen-bond donors (Lipinski definition) is 1. The second-order valence-corrected chi connectivity index (χ2v) is 7.65. The molecule has 21 heavy (non-hydrogen) atoms. The summed E-state index contributed by atoms with van der Waals surface area (Å²) in [7, 11) is 2.16. The molecule has 118 valence electrons. The van der Waals surface area contributed by atoms with E-state index in [-0.39, 0.29) is 17.4 Å². The van der Waals surface area contributed by atoms with E-state index in [4.69, 9.17) is 0 Å². The largest absolute Gasteiger partial charge is 0.354 e. The van der Waals surface area contributed by atoms with Gasteiger partial charge >= 0.3 is 0 Å². The molecule has 4 nitrogen and oxygen atoms in total. The molecule has 1 N–H and O–H groups in total. The molecule has 2 rings (SSSR count). The minimum absolute atomic E-state index is 0.122. The zero-order valence-electron chi connectivity index (χ0n) is 13.6. The number of nitrogens with zero attached hydrogens (tertiary/aromatic N) is 2. The van der Waals surface area contributed by atoms with Crippen LogP contribution in [0.2, 0.25) is 0 Å². The van der Waals surface area contributed by atoms with Gasteiger partial charge in [-0.2, -0.15) is 11.3 Å². The normalized spacial score (nSPS) is 19.4. The number of piperazine rings is 1. The van der Waals surface area contributed by atoms with Crippen LogP contribution in [0.15, 0.2) is 16.8 Å². The molecule has 0 unspecified atom stereocenters. The summed E-state index contributed by atoms with van der Waals surface area (Å²) in [5.41, 5.74) is 0.986. The quantitative estimate of drug-likeness (QED) is 0.926. The fourth-order valence-electron chi connectivity index (χ4n) is 2.51. The molecule has 1 aromatic heterocycles. The Labute approximate surface area is 132 Å². The Morgan fingerprint density at radius 2 is 2.00 bits per heavy atom. The van der Waals surface area contributed by atoms with Crippen LogP contribution in [0.5, 0.6) is 0 Å². The maximum Gasteiger partial charge on any atom is 0.225 e. The third-order valence-electron chi connectivity index (χ3n) is 4.04. The van der Waals surface area contributed by atoms with Gasteiger partial charge < -0.3 is 10.2 Å². The number of carbonyl (C=O) groups excluding carboxylic acids is 1. The Hall–Kier alpha value is -0.910. The molecule has 1 atom stereocenters. The number of rotatable bonds is 4. The van der Waals surface area contributed by atoms with E-state index >= 15 is 0 Å². The molecule has 1 aromatic rings. The molecular formula is C16H27N3OS. The summed E-state index contributed by atoms with van der Waals surface area (Å²) in [5, 5.41) is 7.45. The van der Waals surface area contributed by atoms with Crippen LogP contribution < -0.4 is 5.32 Å². The lowest BCUT2D eigenvalue weighted by Gasteiger charge is -2.38. The van der Waals surface area contributed by atoms with Crippen molar-refractivity contribution < 1.29 is 4.79 Å². The van der Waals surface area contributed by atoms with E-state index in [2.05, 4.69) is 39.0 Å². The predicted octanol–water partition coefficient (Wildman–Crippen LogP) is 2.20. The monoisotopic (exact) mass is 309 g/mol. The number of hydrogen-bond acceptors (Lipinski definition) is 4. The molecule has 0 aliphatic carbocycles. The van der Waals surface area contributed by atoms with Crippen molar-refractivity contribution in [2.24, 2.45) is 5.41 Å². The predicted molar refractivity (Wildman–Crippen MR) is 88.6 cm³/mol. The van der Waals surface area contributed by atoms with E-state index in [1.807, 2.05) is 20.8 Å². The second-order valence-electron chi connectivity index (χ2n) is 6.87. The first kappa shape index (κ1) is 16.5. The maximum atomic E-state index is 12.1. The second kappa shape index (κ2) is 6.90. The Balaban J connectivity index is 2.02. The molecule has 1 aliphatic rings. The molecule has 2 heterocycles. The van der Waals surface area contributed by atoms with Gasteiger partial charge in [0, 0.05) is 38.1 Å². The van der Waals surface area contributed by atoms with Gasteiger partial charge in [0.25, 0.3) is 0 Å². The van der Waals surface area contributed by atoms with Gasteiger partial charge in [-0.25, -0.2) is 0 Å². The van der Waals surface area contributed by atoms with Crippen molar-refractivity contribution in [1.29, 1.82) is 0 Å². The van der Waals surface area contributed by atoms with Crippen LogP contribution in [0.1, 0.15) is 32.4 Å². The average Bonchev–Trinajstić information content (AvgIpc) is 2.93. The van der Waals surface area contributed by atoms with Crippen LogP contribution in [0.25, 0.3) is 0 Å². The van der Waals surface area contributed by atoms with E-state index < -0.39 is 0 Å². The summed E-state index contributed by atoms with van der Waals surface area (Å²) in [6, 6.07) is 2.47. The Morgan fingerprint density at radius 1 is 1.33 bits per heavy atom. The summed E-state index contributed by atoms with van der Waals surface area (Å²) in [4.78, 5) is 17.0. The van der Waals surface area contributed by atoms with Crippen LogP contribution >= 0.6 is 11.3 Å². The van der Waals surface area contributed by atoms with Gasteiger partial charge in [-0.3, -0.25) is 9.69 Å². The van der Waals surface area contributed by atoms with Crippen molar-refractivity contribution in [2.75, 3.05) is 39.8 Å². The van der Waals surface area contributed by atoms with E-state index in [0.717, 1.165) is 26.2 Å². The van der Waals surface area contributed by atoms with Gasteiger partial charge in [-0.1, -0.05) is 20.8 Å². The lowest BCUT2D eigenvalue weighted by Crippen LogP contribution is -2.49. The third kappa shape index (κ3) is 4.53. The van der Waals surface area contributed by atoms with Gasteiger partial charge in [0.05, 0.1) is 6.04 Å². The first-order valence-electron chi connectivity index (χ1n) is 7.61. The fraction of sp³-hybridized carbons (Fsp3) is 0.688. The molecule has 1 amide bonds. The summed E-state index contributed by atoms with van der Waals surface area (Å²) < 4.78 is 0. The highest BCUT2D eigenvalue weighted by Crippen LogP contribution is 2.24. The summed E-state index contributed by atoms with van der Waals surface area (Å²) in [5.74, 6) is 0.122. The van der Waals surface area contributed by atoms with Gasteiger partial charge in [-0.05, 0) is 29.4 Å². The molecule has 1 saturated heterocycles. The highest BCUT2D eigenvalue weighted by atomic mass is 32.1. The third-order valence-corrected chi connectivity index (χ3v) is 4.75. The Morgan fingerprint density at radius 3 is 2.52 bits per heavy atom. The lowest BCUT2D eigenvalue weighted by molar-refractivity contribution is -0.128. The highest BCUT2D eigenvalue weighted by Gasteiger charge is 2.27. The molecular weight excluding hydrogens is 282 g/mol. The van der Waals surface area contributed by atoms with E-state index in [1.165, 1.54) is 5.56 Å². The van der Waals surface area contributed by atoms with Crippen molar-refractivity contribution in [1.82, 2.24) is 15.1 Å². The topological polar surface area (TPSA) is 35.6 Å². The molecule has 0 spiro atoms. The van der Waals surface area contributed by atoms with Gasteiger partial charge in [-0.15, -0.1) is 0 Å². The first-order chi connectivity index (χ1) is 9.88. The van der Waals surface area contributed by atoms with Gasteiger partial charge in [0.15, 0.2) is 0 Å². The lowest BCUT2D eigenvalue weighted by atomic mass is 9.95. The standard InChI is InChI=1S/C16H27N3OS/c1-16(2,3)15(20)17-11-14(13-5-10-21-12-13)19-8-6-18(4)7-9-19/h5,10,12,14H,6-9,11H2,1-4H3,(H,17,20)/t14-/m1/s1. The number of likely N-dealkylation sites (N-methyl/N-ethyl adjacent to an activating group) is 1. The van der Waals surface area contributed by atoms with Crippen molar-refractivity contribution in [2.45, 2.75) is 26.8 Å². The van der Waals surface area contributed by atoms with Crippen molar-refractivity contribution in [3.63, 3.8) is 0 Å². The van der Waals surface area contributed by atoms with E-state index in [0.29, 0.717) is 6.54 Å². The minimum Gasteiger partial charge on any atom is -0.354 e. The number of amides is 1. The first-order valence-corrected chi connectivity index (χ1v) is 8.55. The Bertz CT molecular complexity index is 445. The zero-order valence-corrected chi connectivity index (χ0v) is 14.4. The molecule has 0 radical (unpaired) electrons. The van der Waals surface area contributed by atoms with Gasteiger partial charge in [0.2, 0.25) is 5.91 Å². The smallest absolute Gasteiger partial charge is 0.225 e. The molecule has 0 bridgehead atoms. The van der Waals surface area contributed by atoms with Crippen molar-refractivity contribution in [3.05, 3.63) is 22.4 Å². The summed E-state index contributed by atoms with van der Waals surface area (Å²) >= 11 is 1.72. The van der Waals surface area contributed by atoms with Gasteiger partial charge in [0.1, 0.15) is 0 Å². The summed E-state index contributed by atoms with van der Waals surface area (Å²) in [6.07, 6.45) is 0. The van der Waals surface area contributed by atoms with Crippen molar-refractivity contribution in [3.8, 4) is 0 Å². The molecule has 1 fully saturated rings. The minimum atomic E-state index is -0.332. The molecule has 1 aliphatic heterocycles. The average molecular weight is 309 g/mol. The maximum absolute atomic E-state index is 12.1. The Kier molecular flexibility index (Phi) is 5.41. The number of thiophene rings is 1. The van der Waals surface area contributed by atoms with Crippen LogP contribution in [0.3, 0.4) is 0 Å². The van der Waals surface area contributed by atoms with Crippen molar-refractivity contribution >= 4 is 17.2 Å². The van der Waals surface area contributed by atoms with E-state index in [9.17, 15) is 4.79 Å². The molecule has 0 saturated carbocycles.